The molecule has 0 aliphatic carbocycles. The first-order valence-electron chi connectivity index (χ1n) is 12.1. The highest BCUT2D eigenvalue weighted by molar-refractivity contribution is 7.10. The van der Waals surface area contributed by atoms with E-state index < -0.39 is 17.7 Å². The van der Waals surface area contributed by atoms with Gasteiger partial charge in [0.25, 0.3) is 5.91 Å². The van der Waals surface area contributed by atoms with Crippen molar-refractivity contribution in [2.45, 2.75) is 32.7 Å². The molecule has 0 N–H and O–H groups in total. The molecule has 4 rings (SSSR count). The summed E-state index contributed by atoms with van der Waals surface area (Å²) in [5.74, 6) is -1.26. The zero-order valence-electron chi connectivity index (χ0n) is 20.5. The van der Waals surface area contributed by atoms with Crippen molar-refractivity contribution in [1.29, 1.82) is 0 Å². The average Bonchev–Trinajstić information content (AvgIpc) is 3.36. The molecule has 0 spiro atoms. The molecule has 2 aromatic carbocycles. The van der Waals surface area contributed by atoms with Crippen LogP contribution in [-0.2, 0) is 11.2 Å². The second-order valence-corrected chi connectivity index (χ2v) is 10.1. The van der Waals surface area contributed by atoms with Crippen LogP contribution in [0, 0.1) is 17.6 Å². The number of benzene rings is 2. The largest absolute Gasteiger partial charge is 0.488 e. The van der Waals surface area contributed by atoms with Gasteiger partial charge in [0.2, 0.25) is 5.91 Å². The average molecular weight is 513 g/mol. The van der Waals surface area contributed by atoms with E-state index in [2.05, 4.69) is 0 Å². The van der Waals surface area contributed by atoms with Crippen LogP contribution in [0.15, 0.2) is 60.0 Å². The maximum absolute atomic E-state index is 14.2. The van der Waals surface area contributed by atoms with Gasteiger partial charge >= 0.3 is 0 Å². The Hall–Kier alpha value is -3.26. The van der Waals surface area contributed by atoms with Gasteiger partial charge in [-0.05, 0) is 59.7 Å². The summed E-state index contributed by atoms with van der Waals surface area (Å²) in [6.07, 6.45) is 1.54. The number of nitrogens with zero attached hydrogens (tertiary/aromatic N) is 2. The van der Waals surface area contributed by atoms with Gasteiger partial charge in [-0.2, -0.15) is 0 Å². The third kappa shape index (κ3) is 5.93. The number of hydrogen-bond donors (Lipinski definition) is 0. The Morgan fingerprint density at radius 1 is 1.17 bits per heavy atom. The number of halogens is 2. The molecule has 0 unspecified atom stereocenters. The van der Waals surface area contributed by atoms with E-state index in [9.17, 15) is 18.4 Å². The van der Waals surface area contributed by atoms with Gasteiger partial charge in [0.05, 0.1) is 6.04 Å². The smallest absolute Gasteiger partial charge is 0.254 e. The zero-order valence-corrected chi connectivity index (χ0v) is 21.3. The number of ether oxygens (including phenoxy) is 1. The standard InChI is InChI=1S/C28H30F2N2O3S/c1-3-19(2)16-31(28(34)20-7-6-8-21(29)15-20)17-27(33)32-13-11-26-22(12-14-36-26)24(32)18-35-25-10-5-4-9-23(25)30/h4-10,12,14-15,19,24H,3,11,13,16-18H2,1-2H3/t19-,24+/m1/s1. The van der Waals surface area contributed by atoms with Gasteiger partial charge in [-0.1, -0.05) is 38.5 Å². The third-order valence-corrected chi connectivity index (χ3v) is 7.56. The van der Waals surface area contributed by atoms with E-state index in [0.29, 0.717) is 19.5 Å². The highest BCUT2D eigenvalue weighted by Gasteiger charge is 2.34. The molecule has 0 bridgehead atoms. The molecule has 0 radical (unpaired) electrons. The monoisotopic (exact) mass is 512 g/mol. The second-order valence-electron chi connectivity index (χ2n) is 9.10. The first kappa shape index (κ1) is 25.8. The molecule has 190 valence electrons. The Morgan fingerprint density at radius 3 is 2.72 bits per heavy atom. The number of hydrogen-bond acceptors (Lipinski definition) is 4. The van der Waals surface area contributed by atoms with Crippen LogP contribution < -0.4 is 4.74 Å². The van der Waals surface area contributed by atoms with Gasteiger partial charge in [0.15, 0.2) is 11.6 Å². The van der Waals surface area contributed by atoms with Crippen molar-refractivity contribution in [3.8, 4) is 5.75 Å². The topological polar surface area (TPSA) is 49.9 Å². The van der Waals surface area contributed by atoms with E-state index in [-0.39, 0.29) is 42.2 Å². The number of fused-ring (bicyclic) bond motifs is 1. The van der Waals surface area contributed by atoms with Gasteiger partial charge in [-0.15, -0.1) is 11.3 Å². The minimum absolute atomic E-state index is 0.0968. The molecule has 1 aliphatic heterocycles. The number of thiophene rings is 1. The number of rotatable bonds is 9. The molecule has 2 amide bonds. The molecule has 0 saturated heterocycles. The zero-order chi connectivity index (χ0) is 25.7. The predicted octanol–water partition coefficient (Wildman–Crippen LogP) is 5.72. The van der Waals surface area contributed by atoms with Crippen LogP contribution >= 0.6 is 11.3 Å². The molecular weight excluding hydrogens is 482 g/mol. The minimum atomic E-state index is -0.498. The van der Waals surface area contributed by atoms with Gasteiger partial charge < -0.3 is 14.5 Å². The summed E-state index contributed by atoms with van der Waals surface area (Å²) >= 11 is 1.63. The van der Waals surface area contributed by atoms with E-state index in [0.717, 1.165) is 12.0 Å². The van der Waals surface area contributed by atoms with E-state index in [1.54, 1.807) is 40.5 Å². The minimum Gasteiger partial charge on any atom is -0.488 e. The van der Waals surface area contributed by atoms with Crippen molar-refractivity contribution in [2.24, 2.45) is 5.92 Å². The first-order chi connectivity index (χ1) is 17.4. The molecule has 3 aromatic rings. The van der Waals surface area contributed by atoms with Crippen molar-refractivity contribution in [1.82, 2.24) is 9.80 Å². The maximum Gasteiger partial charge on any atom is 0.254 e. The molecule has 1 aromatic heterocycles. The molecule has 0 saturated carbocycles. The summed E-state index contributed by atoms with van der Waals surface area (Å²) in [5, 5.41) is 1.98. The van der Waals surface area contributed by atoms with E-state index in [4.69, 9.17) is 4.74 Å². The third-order valence-electron chi connectivity index (χ3n) is 6.56. The number of amides is 2. The molecule has 36 heavy (non-hydrogen) atoms. The molecular formula is C28H30F2N2O3S. The van der Waals surface area contributed by atoms with Gasteiger partial charge in [0, 0.05) is 23.5 Å². The fourth-order valence-corrected chi connectivity index (χ4v) is 5.32. The van der Waals surface area contributed by atoms with Crippen molar-refractivity contribution in [3.05, 3.63) is 87.6 Å². The fourth-order valence-electron chi connectivity index (χ4n) is 4.39. The van der Waals surface area contributed by atoms with Crippen LogP contribution in [0.3, 0.4) is 0 Å². The lowest BCUT2D eigenvalue weighted by Gasteiger charge is -2.37. The van der Waals surface area contributed by atoms with E-state index >= 15 is 0 Å². The molecule has 2 atom stereocenters. The van der Waals surface area contributed by atoms with E-state index in [1.165, 1.54) is 34.0 Å². The Morgan fingerprint density at radius 2 is 1.97 bits per heavy atom. The van der Waals surface area contributed by atoms with Crippen LogP contribution in [0.5, 0.6) is 5.75 Å². The van der Waals surface area contributed by atoms with Gasteiger partial charge in [0.1, 0.15) is 19.0 Å². The van der Waals surface area contributed by atoms with Crippen molar-refractivity contribution < 1.29 is 23.1 Å². The van der Waals surface area contributed by atoms with Crippen LogP contribution in [0.4, 0.5) is 8.78 Å². The Bertz CT molecular complexity index is 1210. The lowest BCUT2D eigenvalue weighted by atomic mass is 10.00. The molecule has 2 heterocycles. The number of para-hydroxylation sites is 1. The highest BCUT2D eigenvalue weighted by atomic mass is 32.1. The maximum atomic E-state index is 14.2. The summed E-state index contributed by atoms with van der Waals surface area (Å²) < 4.78 is 33.8. The van der Waals surface area contributed by atoms with Crippen molar-refractivity contribution in [2.75, 3.05) is 26.2 Å². The predicted molar refractivity (Wildman–Crippen MR) is 136 cm³/mol. The van der Waals surface area contributed by atoms with Crippen LogP contribution in [0.25, 0.3) is 0 Å². The van der Waals surface area contributed by atoms with Gasteiger partial charge in [-0.25, -0.2) is 8.78 Å². The first-order valence-corrected chi connectivity index (χ1v) is 13.0. The summed E-state index contributed by atoms with van der Waals surface area (Å²) in [4.78, 5) is 31.3. The highest BCUT2D eigenvalue weighted by Crippen LogP contribution is 2.34. The number of carbonyl (C=O) groups excluding carboxylic acids is 2. The summed E-state index contributed by atoms with van der Waals surface area (Å²) in [5.41, 5.74) is 1.20. The van der Waals surface area contributed by atoms with Gasteiger partial charge in [-0.3, -0.25) is 9.59 Å². The van der Waals surface area contributed by atoms with Crippen molar-refractivity contribution >= 4 is 23.2 Å². The normalized spacial score (nSPS) is 15.8. The van der Waals surface area contributed by atoms with Crippen molar-refractivity contribution in [3.63, 3.8) is 0 Å². The fraction of sp³-hybridized carbons (Fsp3) is 0.357. The Labute approximate surface area is 214 Å². The summed E-state index contributed by atoms with van der Waals surface area (Å²) in [7, 11) is 0. The number of carbonyl (C=O) groups is 2. The molecule has 1 aliphatic rings. The SMILES string of the molecule is CC[C@@H](C)CN(CC(=O)N1CCc2sccc2[C@@H]1COc1ccccc1F)C(=O)c1cccc(F)c1. The second kappa shape index (κ2) is 11.6. The van der Waals surface area contributed by atoms with Crippen LogP contribution in [-0.4, -0.2) is 47.9 Å². The van der Waals surface area contributed by atoms with E-state index in [1.807, 2.05) is 25.3 Å². The van der Waals surface area contributed by atoms with Crippen LogP contribution in [0.2, 0.25) is 0 Å². The van der Waals surface area contributed by atoms with Crippen LogP contribution in [0.1, 0.15) is 47.1 Å². The summed E-state index contributed by atoms with van der Waals surface area (Å²) in [6.45, 7) is 4.86. The Balaban J connectivity index is 1.55. The lowest BCUT2D eigenvalue weighted by molar-refractivity contribution is -0.135. The Kier molecular flexibility index (Phi) is 8.36. The lowest BCUT2D eigenvalue weighted by Crippen LogP contribution is -2.48. The molecule has 5 nitrogen and oxygen atoms in total. The molecule has 8 heteroatoms. The quantitative estimate of drug-likeness (QED) is 0.369. The molecule has 0 fully saturated rings. The summed E-state index contributed by atoms with van der Waals surface area (Å²) in [6, 6.07) is 13.3.